The molecular weight excluding hydrogens is 312 g/mol. The van der Waals surface area contributed by atoms with Gasteiger partial charge in [0.1, 0.15) is 0 Å². The van der Waals surface area contributed by atoms with Gasteiger partial charge in [-0.05, 0) is 32.6 Å². The molecule has 0 aromatic heterocycles. The number of carboxylic acid groups (broad SMARTS) is 1. The predicted molar refractivity (Wildman–Crippen MR) is 85.4 cm³/mol. The number of carbonyl (C=O) groups excluding carboxylic acids is 1. The number of carbonyl (C=O) groups is 2. The molecule has 2 aliphatic carbocycles. The van der Waals surface area contributed by atoms with Gasteiger partial charge in [0.15, 0.2) is 0 Å². The maximum atomic E-state index is 11.3. The van der Waals surface area contributed by atoms with Crippen LogP contribution in [0.15, 0.2) is 0 Å². The summed E-state index contributed by atoms with van der Waals surface area (Å²) in [6, 6.07) is 0. The van der Waals surface area contributed by atoms with Crippen molar-refractivity contribution in [2.24, 2.45) is 10.8 Å². The average molecular weight is 341 g/mol. The number of rotatable bonds is 4. The average Bonchev–Trinajstić information content (AvgIpc) is 3.38. The van der Waals surface area contributed by atoms with Crippen molar-refractivity contribution >= 4 is 24.3 Å². The van der Waals surface area contributed by atoms with E-state index in [1.807, 2.05) is 6.92 Å². The Morgan fingerprint density at radius 1 is 1.09 bits per heavy atom. The van der Waals surface area contributed by atoms with E-state index in [-0.39, 0.29) is 29.1 Å². The third kappa shape index (κ3) is 7.93. The molecule has 0 aromatic carbocycles. The quantitative estimate of drug-likeness (QED) is 0.759. The zero-order chi connectivity index (χ0) is 16.7. The van der Waals surface area contributed by atoms with Crippen molar-refractivity contribution in [3.05, 3.63) is 0 Å². The van der Waals surface area contributed by atoms with Gasteiger partial charge in [0, 0.05) is 19.5 Å². The van der Waals surface area contributed by atoms with Crippen LogP contribution in [-0.2, 0) is 19.3 Å². The van der Waals surface area contributed by atoms with Crippen LogP contribution in [0, 0.1) is 10.8 Å². The number of aliphatic carboxylic acids is 1. The van der Waals surface area contributed by atoms with Gasteiger partial charge in [0.25, 0.3) is 5.91 Å². The molecule has 7 nitrogen and oxygen atoms in total. The van der Waals surface area contributed by atoms with Crippen LogP contribution < -0.4 is 5.48 Å². The second-order valence-corrected chi connectivity index (χ2v) is 5.82. The fourth-order valence-corrected chi connectivity index (χ4v) is 1.27. The fraction of sp³-hybridized carbons (Fsp3) is 0.857. The van der Waals surface area contributed by atoms with Crippen LogP contribution in [0.4, 0.5) is 0 Å². The summed E-state index contributed by atoms with van der Waals surface area (Å²) in [5.41, 5.74) is 1.99. The van der Waals surface area contributed by atoms with E-state index in [0.29, 0.717) is 0 Å². The minimum atomic E-state index is -0.646. The van der Waals surface area contributed by atoms with Crippen LogP contribution in [0.5, 0.6) is 0 Å². The molecule has 0 aliphatic heterocycles. The van der Waals surface area contributed by atoms with Crippen molar-refractivity contribution in [1.82, 2.24) is 10.5 Å². The molecule has 0 saturated heterocycles. The second-order valence-electron chi connectivity index (χ2n) is 5.82. The van der Waals surface area contributed by atoms with Crippen molar-refractivity contribution in [2.45, 2.75) is 39.5 Å². The number of hydrogen-bond donors (Lipinski definition) is 2. The summed E-state index contributed by atoms with van der Waals surface area (Å²) < 4.78 is 0. The van der Waals surface area contributed by atoms with Gasteiger partial charge >= 0.3 is 5.97 Å². The van der Waals surface area contributed by atoms with Gasteiger partial charge < -0.3 is 9.94 Å². The summed E-state index contributed by atoms with van der Waals surface area (Å²) in [5.74, 6) is -0.553. The Hall–Kier alpha value is -0.890. The Balaban J connectivity index is 0. The van der Waals surface area contributed by atoms with Gasteiger partial charge in [-0.25, -0.2) is 10.5 Å². The molecule has 0 atom stereocenters. The lowest BCUT2D eigenvalue weighted by Gasteiger charge is -2.17. The molecule has 132 valence electrons. The lowest BCUT2D eigenvalue weighted by Crippen LogP contribution is -2.31. The normalized spacial score (nSPS) is 18.3. The number of nitrogens with zero attached hydrogens (tertiary/aromatic N) is 1. The SMILES string of the molecule is CC1(C(=O)O)CC1.CNOC.CON(C)C(=O)C1(C)CC1.Cl. The van der Waals surface area contributed by atoms with Crippen LogP contribution >= 0.6 is 12.4 Å². The van der Waals surface area contributed by atoms with Crippen molar-refractivity contribution in [1.29, 1.82) is 0 Å². The number of hydrogen-bond acceptors (Lipinski definition) is 5. The third-order valence-electron chi connectivity index (χ3n) is 3.80. The van der Waals surface area contributed by atoms with E-state index >= 15 is 0 Å². The molecule has 8 heteroatoms. The molecule has 2 fully saturated rings. The number of hydroxylamine groups is 3. The maximum absolute atomic E-state index is 11.3. The highest BCUT2D eigenvalue weighted by molar-refractivity contribution is 5.85. The Labute approximate surface area is 138 Å². The van der Waals surface area contributed by atoms with E-state index < -0.39 is 5.97 Å². The molecule has 2 aliphatic rings. The second kappa shape index (κ2) is 9.99. The fourth-order valence-electron chi connectivity index (χ4n) is 1.27. The van der Waals surface area contributed by atoms with E-state index in [1.54, 1.807) is 28.1 Å². The monoisotopic (exact) mass is 340 g/mol. The Kier molecular flexibility index (Phi) is 10.6. The summed E-state index contributed by atoms with van der Waals surface area (Å²) in [5, 5.41) is 9.61. The number of halogens is 1. The lowest BCUT2D eigenvalue weighted by atomic mass is 10.1. The molecule has 0 radical (unpaired) electrons. The summed E-state index contributed by atoms with van der Waals surface area (Å²) in [7, 11) is 6.43. The first-order valence-corrected chi connectivity index (χ1v) is 6.92. The largest absolute Gasteiger partial charge is 0.481 e. The minimum absolute atomic E-state index is 0. The van der Waals surface area contributed by atoms with Gasteiger partial charge in [-0.1, -0.05) is 6.92 Å². The molecule has 2 N–H and O–H groups in total. The van der Waals surface area contributed by atoms with Gasteiger partial charge in [-0.2, -0.15) is 0 Å². The first-order valence-electron chi connectivity index (χ1n) is 6.92. The smallest absolute Gasteiger partial charge is 0.309 e. The molecule has 0 heterocycles. The first kappa shape index (κ1) is 23.4. The summed E-state index contributed by atoms with van der Waals surface area (Å²) in [6.45, 7) is 3.74. The number of carboxylic acids is 1. The van der Waals surface area contributed by atoms with Gasteiger partial charge in [0.05, 0.1) is 19.6 Å². The minimum Gasteiger partial charge on any atom is -0.481 e. The van der Waals surface area contributed by atoms with Crippen LogP contribution in [0.25, 0.3) is 0 Å². The molecule has 0 spiro atoms. The maximum Gasteiger partial charge on any atom is 0.309 e. The van der Waals surface area contributed by atoms with E-state index in [2.05, 4.69) is 10.3 Å². The zero-order valence-corrected chi connectivity index (χ0v) is 15.1. The topological polar surface area (TPSA) is 88.1 Å². The van der Waals surface area contributed by atoms with Crippen LogP contribution in [0.2, 0.25) is 0 Å². The highest BCUT2D eigenvalue weighted by Crippen LogP contribution is 2.46. The molecule has 2 saturated carbocycles. The first-order chi connectivity index (χ1) is 9.66. The Morgan fingerprint density at radius 3 is 1.59 bits per heavy atom. The third-order valence-corrected chi connectivity index (χ3v) is 3.80. The molecule has 1 amide bonds. The zero-order valence-electron chi connectivity index (χ0n) is 14.3. The summed E-state index contributed by atoms with van der Waals surface area (Å²) in [4.78, 5) is 30.4. The van der Waals surface area contributed by atoms with Crippen LogP contribution in [0.1, 0.15) is 39.5 Å². The predicted octanol–water partition coefficient (Wildman–Crippen LogP) is 1.87. The van der Waals surface area contributed by atoms with Crippen molar-refractivity contribution in [3.8, 4) is 0 Å². The van der Waals surface area contributed by atoms with E-state index in [0.717, 1.165) is 25.7 Å². The molecule has 22 heavy (non-hydrogen) atoms. The van der Waals surface area contributed by atoms with Crippen molar-refractivity contribution in [3.63, 3.8) is 0 Å². The van der Waals surface area contributed by atoms with E-state index in [4.69, 9.17) is 9.94 Å². The summed E-state index contributed by atoms with van der Waals surface area (Å²) >= 11 is 0. The number of nitrogens with one attached hydrogen (secondary N) is 1. The Morgan fingerprint density at radius 2 is 1.45 bits per heavy atom. The molecule has 0 bridgehead atoms. The summed E-state index contributed by atoms with van der Waals surface area (Å²) in [6.07, 6.45) is 3.73. The van der Waals surface area contributed by atoms with E-state index in [1.165, 1.54) is 12.2 Å². The molecule has 0 aromatic rings. The van der Waals surface area contributed by atoms with E-state index in [9.17, 15) is 9.59 Å². The van der Waals surface area contributed by atoms with Crippen LogP contribution in [-0.4, -0.2) is 50.4 Å². The molecule has 0 unspecified atom stereocenters. The van der Waals surface area contributed by atoms with Crippen molar-refractivity contribution < 1.29 is 24.4 Å². The highest BCUT2D eigenvalue weighted by atomic mass is 35.5. The number of amides is 1. The highest BCUT2D eigenvalue weighted by Gasteiger charge is 2.46. The molecular formula is C14H29ClN2O5. The lowest BCUT2D eigenvalue weighted by molar-refractivity contribution is -0.174. The standard InChI is InChI=1S/C7H13NO2.C5H8O2.C2H7NO.ClH/c1-7(4-5-7)6(9)8(2)10-3;1-5(2-3-5)4(6)7;1-3-4-2;/h4-5H2,1-3H3;2-3H2,1H3,(H,6,7);3H,1-2H3;1H. The van der Waals surface area contributed by atoms with Gasteiger partial charge in [-0.3, -0.25) is 14.4 Å². The van der Waals surface area contributed by atoms with Gasteiger partial charge in [-0.15, -0.1) is 12.4 Å². The van der Waals surface area contributed by atoms with Gasteiger partial charge in [0.2, 0.25) is 0 Å². The molecule has 2 rings (SSSR count). The van der Waals surface area contributed by atoms with Crippen LogP contribution in [0.3, 0.4) is 0 Å². The Bertz CT molecular complexity index is 355. The van der Waals surface area contributed by atoms with Crippen molar-refractivity contribution in [2.75, 3.05) is 28.3 Å².